The first-order valence-corrected chi connectivity index (χ1v) is 6.87. The van der Waals surface area contributed by atoms with Crippen LogP contribution in [-0.4, -0.2) is 16.4 Å². The standard InChI is InChI=1S/C12H12BrClN2O/c13-12-8-7-15-16(10(8)5-4-9(12)14)11-3-1-2-6-17-11/h4-5,7,11H,1-3,6H2. The summed E-state index contributed by atoms with van der Waals surface area (Å²) in [5.74, 6) is 0. The van der Waals surface area contributed by atoms with Gasteiger partial charge < -0.3 is 4.74 Å². The van der Waals surface area contributed by atoms with Crippen LogP contribution in [0.25, 0.3) is 10.9 Å². The number of rotatable bonds is 1. The van der Waals surface area contributed by atoms with Crippen molar-refractivity contribution in [3.63, 3.8) is 0 Å². The molecule has 1 atom stereocenters. The summed E-state index contributed by atoms with van der Waals surface area (Å²) >= 11 is 9.56. The summed E-state index contributed by atoms with van der Waals surface area (Å²) in [7, 11) is 0. The Morgan fingerprint density at radius 1 is 1.41 bits per heavy atom. The highest BCUT2D eigenvalue weighted by atomic mass is 79.9. The van der Waals surface area contributed by atoms with Crippen molar-refractivity contribution in [1.82, 2.24) is 9.78 Å². The quantitative estimate of drug-likeness (QED) is 0.790. The highest BCUT2D eigenvalue weighted by Gasteiger charge is 2.19. The van der Waals surface area contributed by atoms with Crippen molar-refractivity contribution >= 4 is 38.4 Å². The number of hydrogen-bond donors (Lipinski definition) is 0. The van der Waals surface area contributed by atoms with Gasteiger partial charge in [-0.05, 0) is 47.3 Å². The molecule has 0 amide bonds. The van der Waals surface area contributed by atoms with E-state index in [9.17, 15) is 0 Å². The van der Waals surface area contributed by atoms with E-state index in [-0.39, 0.29) is 6.23 Å². The minimum atomic E-state index is 0.0642. The number of benzene rings is 1. The highest BCUT2D eigenvalue weighted by Crippen LogP contribution is 2.33. The van der Waals surface area contributed by atoms with Gasteiger partial charge in [0.2, 0.25) is 0 Å². The average Bonchev–Trinajstić information content (AvgIpc) is 2.79. The first kappa shape index (κ1) is 11.5. The molecule has 1 fully saturated rings. The van der Waals surface area contributed by atoms with Crippen molar-refractivity contribution in [2.75, 3.05) is 6.61 Å². The summed E-state index contributed by atoms with van der Waals surface area (Å²) in [5, 5.41) is 6.17. The van der Waals surface area contributed by atoms with Crippen molar-refractivity contribution in [3.8, 4) is 0 Å². The first-order valence-electron chi connectivity index (χ1n) is 5.70. The molecular formula is C12H12BrClN2O. The van der Waals surface area contributed by atoms with E-state index in [1.165, 1.54) is 6.42 Å². The Balaban J connectivity index is 2.08. The first-order chi connectivity index (χ1) is 8.27. The van der Waals surface area contributed by atoms with E-state index in [0.29, 0.717) is 5.02 Å². The second-order valence-electron chi connectivity index (χ2n) is 4.20. The molecule has 5 heteroatoms. The Labute approximate surface area is 113 Å². The van der Waals surface area contributed by atoms with Crippen molar-refractivity contribution in [2.24, 2.45) is 0 Å². The summed E-state index contributed by atoms with van der Waals surface area (Å²) in [6, 6.07) is 3.88. The number of nitrogens with zero attached hydrogens (tertiary/aromatic N) is 2. The Morgan fingerprint density at radius 2 is 2.29 bits per heavy atom. The largest absolute Gasteiger partial charge is 0.356 e. The molecule has 3 nitrogen and oxygen atoms in total. The zero-order valence-corrected chi connectivity index (χ0v) is 11.5. The van der Waals surface area contributed by atoms with Crippen LogP contribution in [0.2, 0.25) is 5.02 Å². The van der Waals surface area contributed by atoms with E-state index in [4.69, 9.17) is 16.3 Å². The fourth-order valence-corrected chi connectivity index (χ4v) is 2.81. The van der Waals surface area contributed by atoms with Crippen LogP contribution in [0.3, 0.4) is 0 Å². The second kappa shape index (κ2) is 4.59. The third-order valence-corrected chi connectivity index (χ3v) is 4.49. The third kappa shape index (κ3) is 1.98. The normalized spacial score (nSPS) is 20.9. The van der Waals surface area contributed by atoms with Crippen LogP contribution in [-0.2, 0) is 4.74 Å². The van der Waals surface area contributed by atoms with Gasteiger partial charge in [0.25, 0.3) is 0 Å². The fraction of sp³-hybridized carbons (Fsp3) is 0.417. The third-order valence-electron chi connectivity index (χ3n) is 3.10. The van der Waals surface area contributed by atoms with E-state index >= 15 is 0 Å². The van der Waals surface area contributed by atoms with Gasteiger partial charge in [0, 0.05) is 16.5 Å². The minimum absolute atomic E-state index is 0.0642. The molecule has 1 aromatic carbocycles. The van der Waals surface area contributed by atoms with Crippen LogP contribution in [0.1, 0.15) is 25.5 Å². The maximum Gasteiger partial charge on any atom is 0.150 e. The maximum atomic E-state index is 6.07. The maximum absolute atomic E-state index is 6.07. The summed E-state index contributed by atoms with van der Waals surface area (Å²) in [6.07, 6.45) is 5.26. The molecule has 1 saturated heterocycles. The fourth-order valence-electron chi connectivity index (χ4n) is 2.21. The highest BCUT2D eigenvalue weighted by molar-refractivity contribution is 9.10. The molecule has 1 aromatic heterocycles. The van der Waals surface area contributed by atoms with Gasteiger partial charge in [0.05, 0.1) is 16.7 Å². The van der Waals surface area contributed by atoms with Gasteiger partial charge >= 0.3 is 0 Å². The van der Waals surface area contributed by atoms with E-state index in [1.54, 1.807) is 0 Å². The number of hydrogen-bond acceptors (Lipinski definition) is 2. The van der Waals surface area contributed by atoms with E-state index in [2.05, 4.69) is 21.0 Å². The lowest BCUT2D eigenvalue weighted by molar-refractivity contribution is -0.0366. The van der Waals surface area contributed by atoms with Crippen LogP contribution in [0.4, 0.5) is 0 Å². The predicted octanol–water partition coefficient (Wildman–Crippen LogP) is 4.15. The molecule has 0 spiro atoms. The summed E-state index contributed by atoms with van der Waals surface area (Å²) in [6.45, 7) is 0.820. The number of aromatic nitrogens is 2. The Kier molecular flexibility index (Phi) is 3.11. The van der Waals surface area contributed by atoms with Crippen molar-refractivity contribution in [1.29, 1.82) is 0 Å². The van der Waals surface area contributed by atoms with E-state index in [0.717, 1.165) is 34.8 Å². The summed E-state index contributed by atoms with van der Waals surface area (Å²) < 4.78 is 8.61. The van der Waals surface area contributed by atoms with Gasteiger partial charge in [0.15, 0.2) is 6.23 Å². The van der Waals surface area contributed by atoms with Gasteiger partial charge in [0.1, 0.15) is 0 Å². The van der Waals surface area contributed by atoms with E-state index in [1.807, 2.05) is 23.0 Å². The molecule has 2 heterocycles. The topological polar surface area (TPSA) is 27.1 Å². The van der Waals surface area contributed by atoms with Gasteiger partial charge in [-0.25, -0.2) is 4.68 Å². The Bertz CT molecular complexity index is 549. The molecule has 0 bridgehead atoms. The number of ether oxygens (including phenoxy) is 1. The zero-order valence-electron chi connectivity index (χ0n) is 9.20. The van der Waals surface area contributed by atoms with E-state index < -0.39 is 0 Å². The molecule has 3 rings (SSSR count). The molecule has 1 aliphatic heterocycles. The van der Waals surface area contributed by atoms with Crippen molar-refractivity contribution in [3.05, 3.63) is 27.8 Å². The monoisotopic (exact) mass is 314 g/mol. The van der Waals surface area contributed by atoms with Gasteiger partial charge in [-0.2, -0.15) is 5.10 Å². The molecular weight excluding hydrogens is 304 g/mol. The molecule has 1 unspecified atom stereocenters. The molecule has 17 heavy (non-hydrogen) atoms. The van der Waals surface area contributed by atoms with Gasteiger partial charge in [-0.3, -0.25) is 0 Å². The lowest BCUT2D eigenvalue weighted by atomic mass is 10.2. The number of fused-ring (bicyclic) bond motifs is 1. The second-order valence-corrected chi connectivity index (χ2v) is 5.40. The minimum Gasteiger partial charge on any atom is -0.356 e. The lowest BCUT2D eigenvalue weighted by Gasteiger charge is -2.23. The lowest BCUT2D eigenvalue weighted by Crippen LogP contribution is -2.18. The van der Waals surface area contributed by atoms with Gasteiger partial charge in [-0.1, -0.05) is 11.6 Å². The summed E-state index contributed by atoms with van der Waals surface area (Å²) in [5.41, 5.74) is 1.06. The zero-order chi connectivity index (χ0) is 11.8. The van der Waals surface area contributed by atoms with Crippen molar-refractivity contribution < 1.29 is 4.74 Å². The SMILES string of the molecule is Clc1ccc2c(cnn2C2CCCCO2)c1Br. The van der Waals surface area contributed by atoms with Crippen molar-refractivity contribution in [2.45, 2.75) is 25.5 Å². The van der Waals surface area contributed by atoms with Crippen LogP contribution >= 0.6 is 27.5 Å². The molecule has 1 aliphatic rings. The molecule has 0 radical (unpaired) electrons. The van der Waals surface area contributed by atoms with Crippen LogP contribution in [0.5, 0.6) is 0 Å². The average molecular weight is 316 g/mol. The van der Waals surface area contributed by atoms with Crippen LogP contribution in [0, 0.1) is 0 Å². The molecule has 0 saturated carbocycles. The molecule has 0 aliphatic carbocycles. The molecule has 90 valence electrons. The molecule has 0 N–H and O–H groups in total. The number of halogens is 2. The summed E-state index contributed by atoms with van der Waals surface area (Å²) in [4.78, 5) is 0. The Hall–Kier alpha value is -0.580. The van der Waals surface area contributed by atoms with Crippen LogP contribution in [0.15, 0.2) is 22.8 Å². The predicted molar refractivity (Wildman–Crippen MR) is 71.3 cm³/mol. The van der Waals surface area contributed by atoms with Gasteiger partial charge in [-0.15, -0.1) is 0 Å². The Morgan fingerprint density at radius 3 is 3.06 bits per heavy atom. The smallest absolute Gasteiger partial charge is 0.150 e. The molecule has 2 aromatic rings. The van der Waals surface area contributed by atoms with Crippen LogP contribution < -0.4 is 0 Å².